The molecule has 0 aliphatic carbocycles. The highest BCUT2D eigenvalue weighted by molar-refractivity contribution is 6.27. The minimum Gasteiger partial charge on any atom is -0.302 e. The predicted octanol–water partition coefficient (Wildman–Crippen LogP) is 2.23. The molecule has 0 aromatic rings. The number of carbonyl (C=O) groups excluding carboxylic acids is 1. The SMILES string of the molecule is CC(C)(C)C[C@H](Cl)C=O. The van der Waals surface area contributed by atoms with Gasteiger partial charge < -0.3 is 4.79 Å². The molecule has 0 aliphatic heterocycles. The van der Waals surface area contributed by atoms with Gasteiger partial charge in [0.15, 0.2) is 0 Å². The maximum absolute atomic E-state index is 10.1. The third-order valence-electron chi connectivity index (χ3n) is 0.955. The normalized spacial score (nSPS) is 15.1. The van der Waals surface area contributed by atoms with Gasteiger partial charge in [-0.2, -0.15) is 0 Å². The van der Waals surface area contributed by atoms with Crippen LogP contribution in [0.3, 0.4) is 0 Å². The number of carbonyl (C=O) groups is 1. The van der Waals surface area contributed by atoms with Crippen LogP contribution in [0.15, 0.2) is 0 Å². The van der Waals surface area contributed by atoms with Crippen molar-refractivity contribution in [3.05, 3.63) is 0 Å². The van der Waals surface area contributed by atoms with Crippen LogP contribution in [0.1, 0.15) is 27.2 Å². The Kier molecular flexibility index (Phi) is 3.20. The summed E-state index contributed by atoms with van der Waals surface area (Å²) in [6, 6.07) is 0. The molecule has 0 unspecified atom stereocenters. The van der Waals surface area contributed by atoms with Gasteiger partial charge in [0, 0.05) is 0 Å². The number of hydrogen-bond acceptors (Lipinski definition) is 1. The summed E-state index contributed by atoms with van der Waals surface area (Å²) >= 11 is 5.58. The van der Waals surface area contributed by atoms with E-state index in [4.69, 9.17) is 11.6 Å². The van der Waals surface area contributed by atoms with Crippen LogP contribution >= 0.6 is 11.6 Å². The highest BCUT2D eigenvalue weighted by Crippen LogP contribution is 2.22. The molecule has 0 fully saturated rings. The average molecular weight is 149 g/mol. The lowest BCUT2D eigenvalue weighted by Gasteiger charge is -2.18. The van der Waals surface area contributed by atoms with Crippen LogP contribution in [-0.2, 0) is 4.79 Å². The maximum atomic E-state index is 10.1. The first-order valence-corrected chi connectivity index (χ1v) is 3.49. The van der Waals surface area contributed by atoms with E-state index in [1.165, 1.54) is 0 Å². The Morgan fingerprint density at radius 3 is 2.11 bits per heavy atom. The van der Waals surface area contributed by atoms with E-state index in [1.54, 1.807) is 0 Å². The van der Waals surface area contributed by atoms with E-state index >= 15 is 0 Å². The van der Waals surface area contributed by atoms with Crippen molar-refractivity contribution in [1.29, 1.82) is 0 Å². The predicted molar refractivity (Wildman–Crippen MR) is 39.8 cm³/mol. The molecule has 0 bridgehead atoms. The molecule has 1 atom stereocenters. The quantitative estimate of drug-likeness (QED) is 0.434. The molecule has 1 nitrogen and oxygen atoms in total. The van der Waals surface area contributed by atoms with E-state index in [9.17, 15) is 4.79 Å². The lowest BCUT2D eigenvalue weighted by atomic mass is 9.91. The first kappa shape index (κ1) is 8.96. The van der Waals surface area contributed by atoms with Gasteiger partial charge in [0.25, 0.3) is 0 Å². The second-order valence-electron chi connectivity index (χ2n) is 3.42. The minimum atomic E-state index is -0.315. The van der Waals surface area contributed by atoms with Crippen LogP contribution in [0.25, 0.3) is 0 Å². The molecule has 0 rings (SSSR count). The number of rotatable bonds is 2. The van der Waals surface area contributed by atoms with Crippen molar-refractivity contribution in [1.82, 2.24) is 0 Å². The standard InChI is InChI=1S/C7H13ClO/c1-7(2,3)4-6(8)5-9/h5-6H,4H2,1-3H3/t6-/m0/s1. The fraction of sp³-hybridized carbons (Fsp3) is 0.857. The third kappa shape index (κ3) is 5.84. The van der Waals surface area contributed by atoms with Crippen molar-refractivity contribution in [2.24, 2.45) is 5.41 Å². The zero-order chi connectivity index (χ0) is 7.49. The van der Waals surface area contributed by atoms with Gasteiger partial charge in [0.05, 0.1) is 5.38 Å². The average Bonchev–Trinajstić information content (AvgIpc) is 1.62. The van der Waals surface area contributed by atoms with Crippen molar-refractivity contribution in [2.45, 2.75) is 32.6 Å². The topological polar surface area (TPSA) is 17.1 Å². The van der Waals surface area contributed by atoms with Crippen molar-refractivity contribution in [2.75, 3.05) is 0 Å². The highest BCUT2D eigenvalue weighted by Gasteiger charge is 2.15. The Labute approximate surface area is 61.4 Å². The highest BCUT2D eigenvalue weighted by atomic mass is 35.5. The molecule has 0 heterocycles. The molecule has 0 saturated heterocycles. The van der Waals surface area contributed by atoms with Gasteiger partial charge in [-0.05, 0) is 11.8 Å². The molecular formula is C7H13ClO. The van der Waals surface area contributed by atoms with Crippen LogP contribution in [0.4, 0.5) is 0 Å². The van der Waals surface area contributed by atoms with E-state index in [0.717, 1.165) is 12.7 Å². The second kappa shape index (κ2) is 3.21. The fourth-order valence-corrected chi connectivity index (χ4v) is 1.10. The number of hydrogen-bond donors (Lipinski definition) is 0. The molecule has 0 spiro atoms. The summed E-state index contributed by atoms with van der Waals surface area (Å²) in [7, 11) is 0. The summed E-state index contributed by atoms with van der Waals surface area (Å²) in [5.74, 6) is 0. The molecule has 0 aliphatic rings. The van der Waals surface area contributed by atoms with Crippen molar-refractivity contribution >= 4 is 17.9 Å². The van der Waals surface area contributed by atoms with E-state index in [1.807, 2.05) is 0 Å². The van der Waals surface area contributed by atoms with Crippen LogP contribution < -0.4 is 0 Å². The molecule has 2 heteroatoms. The molecule has 0 saturated carbocycles. The maximum Gasteiger partial charge on any atom is 0.137 e. The monoisotopic (exact) mass is 148 g/mol. The van der Waals surface area contributed by atoms with Crippen molar-refractivity contribution < 1.29 is 4.79 Å². The first-order valence-electron chi connectivity index (χ1n) is 3.05. The molecule has 0 aromatic heterocycles. The summed E-state index contributed by atoms with van der Waals surface area (Å²) < 4.78 is 0. The number of alkyl halides is 1. The summed E-state index contributed by atoms with van der Waals surface area (Å²) in [6.45, 7) is 6.18. The minimum absolute atomic E-state index is 0.160. The summed E-state index contributed by atoms with van der Waals surface area (Å²) in [4.78, 5) is 10.1. The molecule has 0 N–H and O–H groups in total. The molecule has 0 amide bonds. The van der Waals surface area contributed by atoms with Gasteiger partial charge in [-0.3, -0.25) is 0 Å². The van der Waals surface area contributed by atoms with Gasteiger partial charge >= 0.3 is 0 Å². The van der Waals surface area contributed by atoms with Crippen LogP contribution in [0.2, 0.25) is 0 Å². The Morgan fingerprint density at radius 1 is 1.56 bits per heavy atom. The zero-order valence-electron chi connectivity index (χ0n) is 6.15. The summed E-state index contributed by atoms with van der Waals surface area (Å²) in [6.07, 6.45) is 1.53. The van der Waals surface area contributed by atoms with Gasteiger partial charge in [-0.1, -0.05) is 20.8 Å². The van der Waals surface area contributed by atoms with Crippen LogP contribution in [0.5, 0.6) is 0 Å². The summed E-state index contributed by atoms with van der Waals surface area (Å²) in [5.41, 5.74) is 0.160. The Balaban J connectivity index is 3.59. The van der Waals surface area contributed by atoms with Crippen LogP contribution in [-0.4, -0.2) is 11.7 Å². The number of halogens is 1. The van der Waals surface area contributed by atoms with E-state index < -0.39 is 0 Å². The second-order valence-corrected chi connectivity index (χ2v) is 3.98. The Bertz CT molecular complexity index is 93.6. The molecule has 9 heavy (non-hydrogen) atoms. The molecule has 54 valence electrons. The molecule has 0 radical (unpaired) electrons. The fourth-order valence-electron chi connectivity index (χ4n) is 0.633. The summed E-state index contributed by atoms with van der Waals surface area (Å²) in [5, 5.41) is -0.315. The van der Waals surface area contributed by atoms with E-state index in [-0.39, 0.29) is 10.8 Å². The van der Waals surface area contributed by atoms with Crippen LogP contribution in [0, 0.1) is 5.41 Å². The lowest BCUT2D eigenvalue weighted by Crippen LogP contribution is -2.13. The van der Waals surface area contributed by atoms with Gasteiger partial charge in [-0.25, -0.2) is 0 Å². The Morgan fingerprint density at radius 2 is 2.00 bits per heavy atom. The smallest absolute Gasteiger partial charge is 0.137 e. The Hall–Kier alpha value is -0.0400. The number of aldehydes is 1. The third-order valence-corrected chi connectivity index (χ3v) is 1.21. The van der Waals surface area contributed by atoms with E-state index in [0.29, 0.717) is 0 Å². The molecule has 0 aromatic carbocycles. The van der Waals surface area contributed by atoms with E-state index in [2.05, 4.69) is 20.8 Å². The zero-order valence-corrected chi connectivity index (χ0v) is 6.90. The largest absolute Gasteiger partial charge is 0.302 e. The van der Waals surface area contributed by atoms with Gasteiger partial charge in [0.2, 0.25) is 0 Å². The van der Waals surface area contributed by atoms with Crippen molar-refractivity contribution in [3.63, 3.8) is 0 Å². The van der Waals surface area contributed by atoms with Gasteiger partial charge in [-0.15, -0.1) is 11.6 Å². The lowest BCUT2D eigenvalue weighted by molar-refractivity contribution is -0.108. The van der Waals surface area contributed by atoms with Crippen molar-refractivity contribution in [3.8, 4) is 0 Å². The molecular weight excluding hydrogens is 136 g/mol. The first-order chi connectivity index (χ1) is 3.95. The van der Waals surface area contributed by atoms with Gasteiger partial charge in [0.1, 0.15) is 6.29 Å².